The maximum Gasteiger partial charge on any atom is 0.138 e. The largest absolute Gasteiger partial charge is 0.456 e. The van der Waals surface area contributed by atoms with Crippen LogP contribution in [0.15, 0.2) is 327 Å². The minimum absolute atomic E-state index is 0.973. The first-order valence-electron chi connectivity index (χ1n) is 43.3. The predicted molar refractivity (Wildman–Crippen MR) is 524 cm³/mol. The van der Waals surface area contributed by atoms with Crippen molar-refractivity contribution in [1.29, 1.82) is 0 Å². The Morgan fingerprint density at radius 2 is 0.379 bits per heavy atom. The first-order valence-corrected chi connectivity index (χ1v) is 43.3. The molecule has 0 saturated heterocycles. The molecule has 0 spiro atoms. The summed E-state index contributed by atoms with van der Waals surface area (Å²) in [6.07, 6.45) is 4.23. The van der Waals surface area contributed by atoms with Gasteiger partial charge in [-0.25, -0.2) is 0 Å². The normalized spacial score (nSPS) is 11.4. The smallest absolute Gasteiger partial charge is 0.138 e. The van der Waals surface area contributed by atoms with Crippen molar-refractivity contribution in [3.8, 4) is 0 Å². The van der Waals surface area contributed by atoms with Gasteiger partial charge in [-0.3, -0.25) is 0 Å². The second-order valence-electron chi connectivity index (χ2n) is 33.4. The summed E-state index contributed by atoms with van der Waals surface area (Å²) in [6.45, 7) is 33.8. The second kappa shape index (κ2) is 35.2. The van der Waals surface area contributed by atoms with E-state index in [0.29, 0.717) is 0 Å². The summed E-state index contributed by atoms with van der Waals surface area (Å²) in [5, 5.41) is 19.5. The number of para-hydroxylation sites is 3. The Balaban J connectivity index is 0.000000100. The summed E-state index contributed by atoms with van der Waals surface area (Å²) in [4.78, 5) is 0. The third kappa shape index (κ3) is 16.9. The Morgan fingerprint density at radius 3 is 0.782 bits per heavy atom. The van der Waals surface area contributed by atoms with Crippen LogP contribution in [0.5, 0.6) is 0 Å². The van der Waals surface area contributed by atoms with E-state index in [1.165, 1.54) is 175 Å². The minimum atomic E-state index is 0.973. The Bertz CT molecular complexity index is 7790. The van der Waals surface area contributed by atoms with Gasteiger partial charge in [-0.05, 0) is 291 Å². The number of hydrogen-bond donors (Lipinski definition) is 0. The molecule has 0 saturated carbocycles. The van der Waals surface area contributed by atoms with Gasteiger partial charge in [0.25, 0.3) is 0 Å². The first-order chi connectivity index (χ1) is 60.1. The van der Waals surface area contributed by atoms with Crippen LogP contribution in [0, 0.1) is 83.1 Å². The van der Waals surface area contributed by atoms with Gasteiger partial charge in [0.05, 0.1) is 0 Å². The summed E-state index contributed by atoms with van der Waals surface area (Å²) in [5.41, 5.74) is 36.1. The maximum atomic E-state index is 5.94. The van der Waals surface area contributed by atoms with Crippen LogP contribution in [0.2, 0.25) is 0 Å². The molecule has 616 valence electrons. The third-order valence-electron chi connectivity index (χ3n) is 23.8. The standard InChI is InChI=1S/2C16H16O.6C14H12O/c1-3-11-5-7-15-13(9-11)14-10-12(4-2)6-8-16(14)17-15;1-3-11-5-7-13-14-8-6-12(4-2)10-16(14)17-15(13)9-11;1-9-5-4-8-12-13(9)11-7-3-6-10(2)14(11)15-12;1-9-4-6-13-12(7-9)11-5-3-10(2)8-14(11)15-13;1-9-3-5-13-11(7-9)12-8-10(2)4-6-14(12)15-13;1-9-3-5-11-12-6-4-10(2)8-14(12)15-13(11)7-9;1-9-6-7-11-12-5-3-4-10(2)14(12)15-13(11)8-9;1-9-6-7-13-12(8-9)11-5-3-4-10(2)14(11)15-13/h2*5-10H,3-4H2,1-2H3;6*3-8H,1-2H3. The molecule has 24 rings (SSSR count). The summed E-state index contributed by atoms with van der Waals surface area (Å²) < 4.78 is 46.7. The van der Waals surface area contributed by atoms with Gasteiger partial charge in [-0.2, -0.15) is 0 Å². The highest BCUT2D eigenvalue weighted by Crippen LogP contribution is 2.39. The van der Waals surface area contributed by atoms with Gasteiger partial charge in [0.2, 0.25) is 0 Å². The van der Waals surface area contributed by atoms with Crippen molar-refractivity contribution in [2.24, 2.45) is 0 Å². The minimum Gasteiger partial charge on any atom is -0.456 e. The SMILES string of the molecule is CCc1ccc2c(c1)oc1cc(CC)ccc12.CCc1ccc2oc3ccc(CC)cc3c2c1.Cc1ccc2c(c1)oc1c(C)cccc12.Cc1ccc2c(c1)oc1cc(C)ccc12.Cc1ccc2c(c1)oc1ccc(C)cc12.Cc1ccc2oc3c(C)cccc3c2c1.Cc1ccc2oc3ccc(C)cc3c2c1.Cc1cccc2c1oc1cccc(C)c12. The molecule has 0 N–H and O–H groups in total. The number of hydrogen-bond acceptors (Lipinski definition) is 8. The van der Waals surface area contributed by atoms with Gasteiger partial charge >= 0.3 is 0 Å². The highest BCUT2D eigenvalue weighted by molar-refractivity contribution is 6.12. The van der Waals surface area contributed by atoms with E-state index in [9.17, 15) is 0 Å². The van der Waals surface area contributed by atoms with Crippen LogP contribution >= 0.6 is 0 Å². The molecule has 8 nitrogen and oxygen atoms in total. The van der Waals surface area contributed by atoms with E-state index in [2.05, 4.69) is 366 Å². The lowest BCUT2D eigenvalue weighted by Gasteiger charge is -1.97. The number of furan rings is 8. The van der Waals surface area contributed by atoms with Crippen LogP contribution in [-0.2, 0) is 25.7 Å². The summed E-state index contributed by atoms with van der Waals surface area (Å²) in [6, 6.07) is 102. The van der Waals surface area contributed by atoms with E-state index >= 15 is 0 Å². The quantitative estimate of drug-likeness (QED) is 0.172. The molecule has 8 heterocycles. The molecule has 0 bridgehead atoms. The number of rotatable bonds is 4. The monoisotopic (exact) mass is 1620 g/mol. The van der Waals surface area contributed by atoms with E-state index in [-0.39, 0.29) is 0 Å². The van der Waals surface area contributed by atoms with Crippen molar-refractivity contribution >= 4 is 176 Å². The van der Waals surface area contributed by atoms with Crippen LogP contribution < -0.4 is 0 Å². The Morgan fingerprint density at radius 1 is 0.153 bits per heavy atom. The molecule has 0 amide bonds. The van der Waals surface area contributed by atoms with Gasteiger partial charge in [0, 0.05) is 86.2 Å². The number of benzene rings is 16. The van der Waals surface area contributed by atoms with Crippen molar-refractivity contribution < 1.29 is 35.3 Å². The maximum absolute atomic E-state index is 5.94. The molecular formula is C116H104O8. The topological polar surface area (TPSA) is 105 Å². The average Bonchev–Trinajstić information content (AvgIpc) is 1.61. The van der Waals surface area contributed by atoms with Crippen molar-refractivity contribution in [2.45, 2.75) is 136 Å². The zero-order valence-electron chi connectivity index (χ0n) is 73.8. The van der Waals surface area contributed by atoms with Crippen LogP contribution in [0.1, 0.15) is 117 Å². The summed E-state index contributed by atoms with van der Waals surface area (Å²) in [5.74, 6) is 0. The lowest BCUT2D eigenvalue weighted by molar-refractivity contribution is 0.665. The third-order valence-corrected chi connectivity index (χ3v) is 23.8. The molecule has 8 heteroatoms. The van der Waals surface area contributed by atoms with Crippen LogP contribution in [-0.4, -0.2) is 0 Å². The number of aryl methyl sites for hydroxylation is 16. The van der Waals surface area contributed by atoms with E-state index in [1.807, 2.05) is 36.4 Å². The van der Waals surface area contributed by atoms with Gasteiger partial charge in [0.15, 0.2) is 0 Å². The molecule has 16 aromatic carbocycles. The van der Waals surface area contributed by atoms with E-state index in [4.69, 9.17) is 35.3 Å². The lowest BCUT2D eigenvalue weighted by Crippen LogP contribution is -1.79. The van der Waals surface area contributed by atoms with Gasteiger partial charge < -0.3 is 35.3 Å². The Kier molecular flexibility index (Phi) is 23.3. The van der Waals surface area contributed by atoms with Crippen molar-refractivity contribution in [3.05, 3.63) is 380 Å². The van der Waals surface area contributed by atoms with Gasteiger partial charge in [0.1, 0.15) is 89.3 Å². The highest BCUT2D eigenvalue weighted by atomic mass is 16.4. The van der Waals surface area contributed by atoms with Crippen LogP contribution in [0.3, 0.4) is 0 Å². The summed E-state index contributed by atoms with van der Waals surface area (Å²) in [7, 11) is 0. The molecule has 0 aliphatic heterocycles. The highest BCUT2D eigenvalue weighted by Gasteiger charge is 2.16. The fraction of sp³-hybridized carbons (Fsp3) is 0.172. The fourth-order valence-corrected chi connectivity index (χ4v) is 16.9. The molecular weight excluding hydrogens is 1520 g/mol. The summed E-state index contributed by atoms with van der Waals surface area (Å²) >= 11 is 0. The number of fused-ring (bicyclic) bond motifs is 24. The fourth-order valence-electron chi connectivity index (χ4n) is 16.9. The molecule has 0 aliphatic carbocycles. The molecule has 124 heavy (non-hydrogen) atoms. The molecule has 0 fully saturated rings. The predicted octanol–water partition coefficient (Wildman–Crippen LogP) is 34.6. The molecule has 0 aliphatic rings. The molecule has 0 unspecified atom stereocenters. The first kappa shape index (κ1) is 82.2. The van der Waals surface area contributed by atoms with E-state index in [0.717, 1.165) is 115 Å². The van der Waals surface area contributed by atoms with Crippen molar-refractivity contribution in [2.75, 3.05) is 0 Å². The molecule has 8 aromatic heterocycles. The van der Waals surface area contributed by atoms with Gasteiger partial charge in [-0.1, -0.05) is 226 Å². The lowest BCUT2D eigenvalue weighted by atomic mass is 10.1. The zero-order valence-corrected chi connectivity index (χ0v) is 73.8. The zero-order chi connectivity index (χ0) is 86.1. The Hall–Kier alpha value is -14.1. The Labute approximate surface area is 722 Å². The molecule has 24 aromatic rings. The van der Waals surface area contributed by atoms with Gasteiger partial charge in [-0.15, -0.1) is 0 Å². The van der Waals surface area contributed by atoms with Crippen molar-refractivity contribution in [3.63, 3.8) is 0 Å². The molecule has 0 radical (unpaired) electrons. The average molecular weight is 1630 g/mol. The van der Waals surface area contributed by atoms with Crippen LogP contribution in [0.25, 0.3) is 176 Å². The van der Waals surface area contributed by atoms with E-state index in [1.54, 1.807) is 0 Å². The second-order valence-corrected chi connectivity index (χ2v) is 33.4. The van der Waals surface area contributed by atoms with Crippen molar-refractivity contribution in [1.82, 2.24) is 0 Å². The van der Waals surface area contributed by atoms with Crippen LogP contribution in [0.4, 0.5) is 0 Å². The molecule has 0 atom stereocenters. The van der Waals surface area contributed by atoms with E-state index < -0.39 is 0 Å².